The summed E-state index contributed by atoms with van der Waals surface area (Å²) in [6.07, 6.45) is 4.68. The lowest BCUT2D eigenvalue weighted by molar-refractivity contribution is -0.130. The summed E-state index contributed by atoms with van der Waals surface area (Å²) < 4.78 is 15.6. The second kappa shape index (κ2) is 8.27. The van der Waals surface area contributed by atoms with Crippen LogP contribution in [0.5, 0.6) is 0 Å². The van der Waals surface area contributed by atoms with Crippen molar-refractivity contribution < 1.29 is 9.28 Å². The van der Waals surface area contributed by atoms with Crippen LogP contribution in [0.2, 0.25) is 0 Å². The standard InChI is InChI=1S/C25H25FN6O/c1-4-32(26)23-10-8-17(13-28-23)21-12-16-6-5-7-18(19(16)14-27-21)25-20-15-30(2)24(33)11-9-22(20)31(3)29-25/h5-8,10,12-14H,4,9,11,15H2,1-3H3. The number of anilines is 1. The van der Waals surface area contributed by atoms with Crippen LogP contribution in [0.1, 0.15) is 24.6 Å². The Balaban J connectivity index is 1.57. The van der Waals surface area contributed by atoms with Crippen molar-refractivity contribution in [1.82, 2.24) is 24.6 Å². The number of pyridine rings is 2. The second-order valence-electron chi connectivity index (χ2n) is 8.33. The van der Waals surface area contributed by atoms with Gasteiger partial charge in [-0.15, -0.1) is 0 Å². The summed E-state index contributed by atoms with van der Waals surface area (Å²) in [4.78, 5) is 22.9. The predicted molar refractivity (Wildman–Crippen MR) is 126 cm³/mol. The number of benzene rings is 1. The van der Waals surface area contributed by atoms with Crippen LogP contribution in [-0.2, 0) is 24.8 Å². The first-order valence-corrected chi connectivity index (χ1v) is 11.0. The van der Waals surface area contributed by atoms with Gasteiger partial charge in [0.15, 0.2) is 5.82 Å². The summed E-state index contributed by atoms with van der Waals surface area (Å²) in [6.45, 7) is 2.51. The summed E-state index contributed by atoms with van der Waals surface area (Å²) >= 11 is 0. The third-order valence-corrected chi connectivity index (χ3v) is 6.26. The van der Waals surface area contributed by atoms with Crippen LogP contribution >= 0.6 is 0 Å². The normalized spacial score (nSPS) is 13.8. The monoisotopic (exact) mass is 444 g/mol. The number of amides is 1. The molecule has 0 bridgehead atoms. The number of aryl methyl sites for hydroxylation is 1. The molecule has 1 aromatic carbocycles. The fourth-order valence-electron chi connectivity index (χ4n) is 4.42. The Bertz CT molecular complexity index is 1350. The topological polar surface area (TPSA) is 67.2 Å². The third kappa shape index (κ3) is 3.71. The smallest absolute Gasteiger partial charge is 0.223 e. The van der Waals surface area contributed by atoms with Crippen molar-refractivity contribution in [3.8, 4) is 22.5 Å². The molecule has 0 saturated heterocycles. The van der Waals surface area contributed by atoms with E-state index >= 15 is 0 Å². The van der Waals surface area contributed by atoms with Gasteiger partial charge >= 0.3 is 0 Å². The van der Waals surface area contributed by atoms with Crippen molar-refractivity contribution >= 4 is 22.5 Å². The van der Waals surface area contributed by atoms with Gasteiger partial charge < -0.3 is 4.90 Å². The molecule has 3 aromatic heterocycles. The molecule has 5 rings (SSSR count). The number of carbonyl (C=O) groups excluding carboxylic acids is 1. The molecule has 7 nitrogen and oxygen atoms in total. The SMILES string of the molecule is CCN(F)c1ccc(-c2cc3cccc(-c4nn(C)c5c4CN(C)C(=O)CC5)c3cn2)cn1. The highest BCUT2D eigenvalue weighted by Gasteiger charge is 2.25. The van der Waals surface area contributed by atoms with Gasteiger partial charge in [0.05, 0.1) is 11.4 Å². The zero-order valence-corrected chi connectivity index (χ0v) is 18.9. The number of carbonyl (C=O) groups is 1. The van der Waals surface area contributed by atoms with E-state index in [0.717, 1.165) is 44.5 Å². The maximum Gasteiger partial charge on any atom is 0.223 e. The summed E-state index contributed by atoms with van der Waals surface area (Å²) in [5.41, 5.74) is 5.67. The Morgan fingerprint density at radius 1 is 1.09 bits per heavy atom. The lowest BCUT2D eigenvalue weighted by Crippen LogP contribution is -2.24. The van der Waals surface area contributed by atoms with E-state index in [9.17, 15) is 9.28 Å². The van der Waals surface area contributed by atoms with E-state index in [4.69, 9.17) is 5.10 Å². The zero-order valence-electron chi connectivity index (χ0n) is 18.9. The summed E-state index contributed by atoms with van der Waals surface area (Å²) in [5.74, 6) is 0.430. The molecule has 0 radical (unpaired) electrons. The molecule has 0 atom stereocenters. The molecule has 168 valence electrons. The van der Waals surface area contributed by atoms with Gasteiger partial charge in [-0.2, -0.15) is 10.2 Å². The van der Waals surface area contributed by atoms with E-state index in [1.54, 1.807) is 24.1 Å². The Morgan fingerprint density at radius 3 is 2.70 bits per heavy atom. The number of rotatable bonds is 4. The van der Waals surface area contributed by atoms with Crippen LogP contribution in [-0.4, -0.2) is 44.1 Å². The largest absolute Gasteiger partial charge is 0.341 e. The number of nitrogens with zero attached hydrogens (tertiary/aromatic N) is 6. The second-order valence-corrected chi connectivity index (χ2v) is 8.33. The molecule has 0 saturated carbocycles. The van der Waals surface area contributed by atoms with Crippen LogP contribution in [0, 0.1) is 0 Å². The number of fused-ring (bicyclic) bond motifs is 2. The Labute approximate surface area is 191 Å². The van der Waals surface area contributed by atoms with Crippen molar-refractivity contribution in [3.05, 3.63) is 60.0 Å². The third-order valence-electron chi connectivity index (χ3n) is 6.26. The lowest BCUT2D eigenvalue weighted by Gasteiger charge is -2.15. The van der Waals surface area contributed by atoms with Gasteiger partial charge in [-0.1, -0.05) is 22.7 Å². The number of hydrogen-bond donors (Lipinski definition) is 0. The predicted octanol–water partition coefficient (Wildman–Crippen LogP) is 4.31. The molecule has 0 aliphatic carbocycles. The summed E-state index contributed by atoms with van der Waals surface area (Å²) in [7, 11) is 3.78. The molecule has 4 aromatic rings. The molecule has 33 heavy (non-hydrogen) atoms. The van der Waals surface area contributed by atoms with Crippen LogP contribution in [0.4, 0.5) is 10.3 Å². The molecule has 1 aliphatic rings. The average molecular weight is 445 g/mol. The van der Waals surface area contributed by atoms with Crippen LogP contribution in [0.15, 0.2) is 48.8 Å². The van der Waals surface area contributed by atoms with Crippen molar-refractivity contribution in [1.29, 1.82) is 0 Å². The van der Waals surface area contributed by atoms with Gasteiger partial charge in [-0.05, 0) is 36.9 Å². The van der Waals surface area contributed by atoms with Crippen molar-refractivity contribution in [2.45, 2.75) is 26.3 Å². The molecule has 4 heterocycles. The molecule has 1 aliphatic heterocycles. The minimum atomic E-state index is 0.149. The molecule has 0 N–H and O–H groups in total. The lowest BCUT2D eigenvalue weighted by atomic mass is 9.98. The van der Waals surface area contributed by atoms with Crippen molar-refractivity contribution in [2.24, 2.45) is 7.05 Å². The first kappa shape index (κ1) is 21.1. The van der Waals surface area contributed by atoms with Crippen LogP contribution < -0.4 is 5.12 Å². The Hall–Kier alpha value is -3.81. The summed E-state index contributed by atoms with van der Waals surface area (Å²) in [6, 6.07) is 11.6. The van der Waals surface area contributed by atoms with Crippen LogP contribution in [0.25, 0.3) is 33.3 Å². The average Bonchev–Trinajstić information content (AvgIpc) is 3.06. The quantitative estimate of drug-likeness (QED) is 0.439. The highest BCUT2D eigenvalue weighted by molar-refractivity contribution is 5.97. The van der Waals surface area contributed by atoms with E-state index in [1.807, 2.05) is 49.2 Å². The molecule has 8 heteroatoms. The van der Waals surface area contributed by atoms with Gasteiger partial charge in [0.1, 0.15) is 0 Å². The maximum atomic E-state index is 13.7. The molecule has 0 spiro atoms. The van der Waals surface area contributed by atoms with Crippen molar-refractivity contribution in [2.75, 3.05) is 18.7 Å². The molecular formula is C25H25FN6O. The fourth-order valence-corrected chi connectivity index (χ4v) is 4.42. The Morgan fingerprint density at radius 2 is 1.94 bits per heavy atom. The van der Waals surface area contributed by atoms with Gasteiger partial charge in [0, 0.05) is 73.8 Å². The molecular weight excluding hydrogens is 419 g/mol. The van der Waals surface area contributed by atoms with E-state index in [2.05, 4.69) is 16.0 Å². The molecule has 1 amide bonds. The van der Waals surface area contributed by atoms with Gasteiger partial charge in [0.25, 0.3) is 0 Å². The number of aromatic nitrogens is 4. The first-order chi connectivity index (χ1) is 16.0. The van der Waals surface area contributed by atoms with Crippen molar-refractivity contribution in [3.63, 3.8) is 0 Å². The van der Waals surface area contributed by atoms with E-state index in [0.29, 0.717) is 24.5 Å². The van der Waals surface area contributed by atoms with Gasteiger partial charge in [-0.25, -0.2) is 4.98 Å². The minimum absolute atomic E-state index is 0.149. The van der Waals surface area contributed by atoms with E-state index < -0.39 is 0 Å². The maximum absolute atomic E-state index is 13.7. The zero-order chi connectivity index (χ0) is 23.1. The van der Waals surface area contributed by atoms with Gasteiger partial charge in [-0.3, -0.25) is 14.5 Å². The van der Waals surface area contributed by atoms with Crippen LogP contribution in [0.3, 0.4) is 0 Å². The highest BCUT2D eigenvalue weighted by Crippen LogP contribution is 2.34. The van der Waals surface area contributed by atoms with E-state index in [-0.39, 0.29) is 18.3 Å². The minimum Gasteiger partial charge on any atom is -0.341 e. The summed E-state index contributed by atoms with van der Waals surface area (Å²) in [5, 5.41) is 7.45. The highest BCUT2D eigenvalue weighted by atomic mass is 19.2. The van der Waals surface area contributed by atoms with Gasteiger partial charge in [0.2, 0.25) is 5.91 Å². The fraction of sp³-hybridized carbons (Fsp3) is 0.280. The number of halogens is 1. The Kier molecular flexibility index (Phi) is 5.28. The first-order valence-electron chi connectivity index (χ1n) is 11.0. The molecule has 0 fully saturated rings. The number of hydrogen-bond acceptors (Lipinski definition) is 5. The molecule has 0 unspecified atom stereocenters. The van der Waals surface area contributed by atoms with E-state index in [1.165, 1.54) is 0 Å².